The molecule has 1 saturated carbocycles. The molecule has 1 amide bonds. The van der Waals surface area contributed by atoms with Gasteiger partial charge in [-0.25, -0.2) is 0 Å². The summed E-state index contributed by atoms with van der Waals surface area (Å²) in [6.45, 7) is 5.94. The number of amides is 1. The van der Waals surface area contributed by atoms with Crippen LogP contribution in [0.3, 0.4) is 0 Å². The average molecular weight is 288 g/mol. The molecule has 0 aromatic heterocycles. The summed E-state index contributed by atoms with van der Waals surface area (Å²) in [5.41, 5.74) is 1.59. The van der Waals surface area contributed by atoms with Crippen LogP contribution in [0.5, 0.6) is 0 Å². The predicted molar refractivity (Wildman–Crippen MR) is 83.3 cm³/mol. The van der Waals surface area contributed by atoms with Crippen LogP contribution in [-0.4, -0.2) is 41.1 Å². The summed E-state index contributed by atoms with van der Waals surface area (Å²) < 4.78 is 0. The van der Waals surface area contributed by atoms with Gasteiger partial charge in [0.15, 0.2) is 0 Å². The molecule has 0 atom stereocenters. The molecule has 1 aliphatic carbocycles. The number of anilines is 1. The number of nitrogens with zero attached hydrogens (tertiary/aromatic N) is 1. The van der Waals surface area contributed by atoms with Crippen molar-refractivity contribution in [1.82, 2.24) is 4.90 Å². The molecule has 1 saturated heterocycles. The largest absolute Gasteiger partial charge is 0.387 e. The summed E-state index contributed by atoms with van der Waals surface area (Å²) in [7, 11) is 0. The molecule has 0 unspecified atom stereocenters. The zero-order valence-corrected chi connectivity index (χ0v) is 12.8. The summed E-state index contributed by atoms with van der Waals surface area (Å²) in [6.07, 6.45) is 2.28. The molecule has 1 heterocycles. The van der Waals surface area contributed by atoms with Crippen molar-refractivity contribution in [3.63, 3.8) is 0 Å². The number of rotatable bonds is 5. The molecule has 1 aromatic carbocycles. The van der Waals surface area contributed by atoms with Crippen LogP contribution in [-0.2, 0) is 4.79 Å². The summed E-state index contributed by atoms with van der Waals surface area (Å²) >= 11 is 0. The quantitative estimate of drug-likeness (QED) is 0.873. The van der Waals surface area contributed by atoms with Crippen LogP contribution in [0.4, 0.5) is 5.69 Å². The van der Waals surface area contributed by atoms with Gasteiger partial charge in [0.2, 0.25) is 5.91 Å². The first-order chi connectivity index (χ1) is 9.96. The highest BCUT2D eigenvalue weighted by Crippen LogP contribution is 2.44. The van der Waals surface area contributed by atoms with Crippen molar-refractivity contribution in [2.45, 2.75) is 38.2 Å². The molecule has 0 bridgehead atoms. The van der Waals surface area contributed by atoms with Gasteiger partial charge in [0, 0.05) is 18.8 Å². The first-order valence-electron chi connectivity index (χ1n) is 7.81. The van der Waals surface area contributed by atoms with E-state index in [1.807, 2.05) is 17.0 Å². The van der Waals surface area contributed by atoms with Crippen molar-refractivity contribution in [1.29, 1.82) is 0 Å². The van der Waals surface area contributed by atoms with E-state index in [0.29, 0.717) is 31.5 Å². The van der Waals surface area contributed by atoms with Crippen LogP contribution in [0.15, 0.2) is 24.3 Å². The van der Waals surface area contributed by atoms with Crippen molar-refractivity contribution in [3.05, 3.63) is 29.8 Å². The zero-order chi connectivity index (χ0) is 15.0. The van der Waals surface area contributed by atoms with Crippen molar-refractivity contribution in [3.8, 4) is 0 Å². The van der Waals surface area contributed by atoms with E-state index in [4.69, 9.17) is 0 Å². The maximum atomic E-state index is 12.0. The van der Waals surface area contributed by atoms with Gasteiger partial charge in [-0.05, 0) is 42.4 Å². The number of carbonyl (C=O) groups is 1. The van der Waals surface area contributed by atoms with Gasteiger partial charge in [-0.15, -0.1) is 0 Å². The molecule has 21 heavy (non-hydrogen) atoms. The van der Waals surface area contributed by atoms with Crippen molar-refractivity contribution >= 4 is 11.6 Å². The smallest absolute Gasteiger partial charge is 0.238 e. The zero-order valence-electron chi connectivity index (χ0n) is 12.8. The molecule has 2 fully saturated rings. The van der Waals surface area contributed by atoms with E-state index in [0.717, 1.165) is 18.5 Å². The lowest BCUT2D eigenvalue weighted by molar-refractivity contribution is -0.132. The van der Waals surface area contributed by atoms with Crippen LogP contribution in [0.25, 0.3) is 0 Å². The Morgan fingerprint density at radius 1 is 1.33 bits per heavy atom. The molecular weight excluding hydrogens is 264 g/mol. The van der Waals surface area contributed by atoms with E-state index in [1.54, 1.807) is 0 Å². The van der Waals surface area contributed by atoms with Crippen LogP contribution in [0, 0.1) is 5.92 Å². The lowest BCUT2D eigenvalue weighted by Crippen LogP contribution is -2.64. The van der Waals surface area contributed by atoms with Gasteiger partial charge in [-0.1, -0.05) is 26.0 Å². The van der Waals surface area contributed by atoms with E-state index < -0.39 is 5.60 Å². The molecule has 0 radical (unpaired) electrons. The highest BCUT2D eigenvalue weighted by atomic mass is 16.3. The summed E-state index contributed by atoms with van der Waals surface area (Å²) in [6, 6.07) is 8.00. The van der Waals surface area contributed by atoms with Crippen molar-refractivity contribution in [2.24, 2.45) is 5.92 Å². The first kappa shape index (κ1) is 14.5. The molecule has 4 nitrogen and oxygen atoms in total. The fourth-order valence-electron chi connectivity index (χ4n) is 3.07. The van der Waals surface area contributed by atoms with Gasteiger partial charge in [0.1, 0.15) is 0 Å². The van der Waals surface area contributed by atoms with Crippen molar-refractivity contribution in [2.75, 3.05) is 25.0 Å². The molecule has 0 spiro atoms. The summed E-state index contributed by atoms with van der Waals surface area (Å²) in [5, 5.41) is 13.1. The Hall–Kier alpha value is -1.39. The lowest BCUT2D eigenvalue weighted by atomic mass is 9.89. The molecular formula is C17H24N2O2. The minimum atomic E-state index is -0.515. The first-order valence-corrected chi connectivity index (χ1v) is 7.81. The van der Waals surface area contributed by atoms with Gasteiger partial charge in [0.05, 0.1) is 12.1 Å². The third-order valence-electron chi connectivity index (χ3n) is 4.56. The normalized spacial score (nSPS) is 21.1. The third-order valence-corrected chi connectivity index (χ3v) is 4.56. The Labute approximate surface area is 126 Å². The van der Waals surface area contributed by atoms with Gasteiger partial charge in [0.25, 0.3) is 0 Å². The minimum absolute atomic E-state index is 0.00913. The number of benzene rings is 1. The number of β-amino-alcohol motifs (C(OH)–C–C–N with tert-alkyl or cyclic N) is 1. The van der Waals surface area contributed by atoms with E-state index in [1.165, 1.54) is 5.56 Å². The summed E-state index contributed by atoms with van der Waals surface area (Å²) in [4.78, 5) is 14.0. The standard InChI is InChI=1S/C17H24N2O2/c1-12(2)13-3-7-15(8-4-13)18-16(20)9-19-10-17(21,11-19)14-5-6-14/h3-4,7-8,12,14,21H,5-6,9-11H2,1-2H3,(H,18,20). The fourth-order valence-corrected chi connectivity index (χ4v) is 3.07. The predicted octanol–water partition coefficient (Wildman–Crippen LogP) is 2.21. The fraction of sp³-hybridized carbons (Fsp3) is 0.588. The van der Waals surface area contributed by atoms with Crippen molar-refractivity contribution < 1.29 is 9.90 Å². The van der Waals surface area contributed by atoms with E-state index in [-0.39, 0.29) is 5.91 Å². The Bertz CT molecular complexity index is 514. The molecule has 1 aromatic rings. The number of carbonyl (C=O) groups excluding carboxylic acids is 1. The maximum Gasteiger partial charge on any atom is 0.238 e. The second-order valence-corrected chi connectivity index (χ2v) is 6.85. The minimum Gasteiger partial charge on any atom is -0.387 e. The maximum absolute atomic E-state index is 12.0. The van der Waals surface area contributed by atoms with E-state index >= 15 is 0 Å². The summed E-state index contributed by atoms with van der Waals surface area (Å²) in [5.74, 6) is 0.960. The molecule has 3 rings (SSSR count). The Morgan fingerprint density at radius 3 is 2.48 bits per heavy atom. The second-order valence-electron chi connectivity index (χ2n) is 6.85. The molecule has 114 valence electrons. The Balaban J connectivity index is 1.46. The van der Waals surface area contributed by atoms with E-state index in [9.17, 15) is 9.90 Å². The highest BCUT2D eigenvalue weighted by Gasteiger charge is 2.51. The second kappa shape index (κ2) is 5.43. The van der Waals surface area contributed by atoms with Gasteiger partial charge < -0.3 is 10.4 Å². The average Bonchev–Trinajstić information content (AvgIpc) is 3.21. The number of hydrogen-bond acceptors (Lipinski definition) is 3. The lowest BCUT2D eigenvalue weighted by Gasteiger charge is -2.46. The third kappa shape index (κ3) is 3.27. The van der Waals surface area contributed by atoms with Crippen LogP contribution >= 0.6 is 0 Å². The highest BCUT2D eigenvalue weighted by molar-refractivity contribution is 5.92. The Kier molecular flexibility index (Phi) is 3.76. The van der Waals surface area contributed by atoms with Gasteiger partial charge in [-0.3, -0.25) is 9.69 Å². The number of aliphatic hydroxyl groups is 1. The molecule has 2 aliphatic rings. The van der Waals surface area contributed by atoms with Gasteiger partial charge in [-0.2, -0.15) is 0 Å². The SMILES string of the molecule is CC(C)c1ccc(NC(=O)CN2CC(O)(C3CC3)C2)cc1. The molecule has 1 aliphatic heterocycles. The van der Waals surface area contributed by atoms with Crippen LogP contribution in [0.1, 0.15) is 38.2 Å². The number of hydrogen-bond donors (Lipinski definition) is 2. The van der Waals surface area contributed by atoms with Crippen LogP contribution < -0.4 is 5.32 Å². The number of nitrogens with one attached hydrogen (secondary N) is 1. The van der Waals surface area contributed by atoms with Crippen LogP contribution in [0.2, 0.25) is 0 Å². The van der Waals surface area contributed by atoms with Gasteiger partial charge >= 0.3 is 0 Å². The van der Waals surface area contributed by atoms with E-state index in [2.05, 4.69) is 31.3 Å². The topological polar surface area (TPSA) is 52.6 Å². The molecule has 4 heteroatoms. The molecule has 2 N–H and O–H groups in total. The number of likely N-dealkylation sites (tertiary alicyclic amines) is 1. The Morgan fingerprint density at radius 2 is 1.95 bits per heavy atom. The monoisotopic (exact) mass is 288 g/mol.